The van der Waals surface area contributed by atoms with Gasteiger partial charge in [-0.25, -0.2) is 12.8 Å². The Morgan fingerprint density at radius 2 is 1.71 bits per heavy atom. The number of rotatable bonds is 7. The van der Waals surface area contributed by atoms with Crippen LogP contribution in [0.1, 0.15) is 0 Å². The Bertz CT molecular complexity index is 1580. The van der Waals surface area contributed by atoms with Gasteiger partial charge in [0.1, 0.15) is 28.8 Å². The fourth-order valence-corrected chi connectivity index (χ4v) is 5.00. The maximum Gasteiger partial charge on any atom is 0.244 e. The van der Waals surface area contributed by atoms with Gasteiger partial charge in [-0.3, -0.25) is 9.59 Å². The van der Waals surface area contributed by atoms with Crippen LogP contribution in [0.2, 0.25) is 0 Å². The van der Waals surface area contributed by atoms with Crippen LogP contribution in [0.3, 0.4) is 0 Å². The number of amides is 1. The van der Waals surface area contributed by atoms with Crippen LogP contribution in [0.5, 0.6) is 11.5 Å². The monoisotopic (exact) mass is 496 g/mol. The Balaban J connectivity index is 1.76. The Morgan fingerprint density at radius 1 is 1.00 bits per heavy atom. The Labute approximate surface area is 200 Å². The van der Waals surface area contributed by atoms with Gasteiger partial charge in [0.25, 0.3) is 0 Å². The van der Waals surface area contributed by atoms with Crippen molar-refractivity contribution in [3.05, 3.63) is 89.0 Å². The van der Waals surface area contributed by atoms with Gasteiger partial charge in [0, 0.05) is 17.6 Å². The van der Waals surface area contributed by atoms with E-state index in [0.717, 1.165) is 30.5 Å². The minimum Gasteiger partial charge on any atom is -0.497 e. The lowest BCUT2D eigenvalue weighted by atomic mass is 10.2. The normalized spacial score (nSPS) is 11.3. The minimum atomic E-state index is -4.28. The third-order valence-corrected chi connectivity index (χ3v) is 7.13. The maximum absolute atomic E-state index is 13.3. The number of benzene rings is 3. The molecule has 3 aromatic carbocycles. The molecule has 0 radical (unpaired) electrons. The molecule has 0 aliphatic heterocycles. The number of halogens is 1. The first-order valence-corrected chi connectivity index (χ1v) is 11.9. The molecule has 0 saturated carbocycles. The van der Waals surface area contributed by atoms with Crippen LogP contribution in [0.25, 0.3) is 10.9 Å². The van der Waals surface area contributed by atoms with E-state index in [1.54, 1.807) is 36.4 Å². The second-order valence-electron chi connectivity index (χ2n) is 7.54. The molecule has 0 aliphatic carbocycles. The first-order valence-electron chi connectivity index (χ1n) is 10.4. The van der Waals surface area contributed by atoms with Gasteiger partial charge in [0.2, 0.25) is 21.2 Å². The van der Waals surface area contributed by atoms with Crippen molar-refractivity contribution in [2.75, 3.05) is 19.5 Å². The number of fused-ring (bicyclic) bond motifs is 1. The zero-order valence-corrected chi connectivity index (χ0v) is 19.6. The molecule has 1 amide bonds. The second kappa shape index (κ2) is 9.59. The van der Waals surface area contributed by atoms with Crippen molar-refractivity contribution >= 4 is 32.3 Å². The van der Waals surface area contributed by atoms with Crippen molar-refractivity contribution < 1.29 is 27.1 Å². The van der Waals surface area contributed by atoms with E-state index in [2.05, 4.69) is 5.32 Å². The van der Waals surface area contributed by atoms with Crippen LogP contribution in [-0.2, 0) is 21.2 Å². The first-order chi connectivity index (χ1) is 16.7. The molecule has 1 N–H and O–H groups in total. The quantitative estimate of drug-likeness (QED) is 0.392. The van der Waals surface area contributed by atoms with Crippen LogP contribution >= 0.6 is 0 Å². The van der Waals surface area contributed by atoms with E-state index in [1.165, 1.54) is 24.9 Å². The highest BCUT2D eigenvalue weighted by Crippen LogP contribution is 2.29. The number of carbonyl (C=O) groups is 1. The number of hydrogen-bond donors (Lipinski definition) is 1. The largest absolute Gasteiger partial charge is 0.497 e. The van der Waals surface area contributed by atoms with E-state index in [9.17, 15) is 22.4 Å². The number of anilines is 1. The summed E-state index contributed by atoms with van der Waals surface area (Å²) >= 11 is 0. The van der Waals surface area contributed by atoms with Crippen molar-refractivity contribution in [2.45, 2.75) is 16.3 Å². The predicted molar refractivity (Wildman–Crippen MR) is 128 cm³/mol. The number of hydrogen-bond acceptors (Lipinski definition) is 6. The van der Waals surface area contributed by atoms with Crippen molar-refractivity contribution in [3.63, 3.8) is 0 Å². The van der Waals surface area contributed by atoms with Crippen LogP contribution in [0.15, 0.2) is 87.5 Å². The highest BCUT2D eigenvalue weighted by atomic mass is 32.2. The number of nitrogens with zero attached hydrogens (tertiary/aromatic N) is 1. The molecule has 35 heavy (non-hydrogen) atoms. The highest BCUT2D eigenvalue weighted by molar-refractivity contribution is 7.91. The molecule has 1 aromatic heterocycles. The molecule has 0 unspecified atom stereocenters. The van der Waals surface area contributed by atoms with Crippen molar-refractivity contribution in [3.8, 4) is 11.5 Å². The molecule has 0 saturated heterocycles. The smallest absolute Gasteiger partial charge is 0.244 e. The van der Waals surface area contributed by atoms with E-state index < -0.39 is 31.9 Å². The molecule has 0 bridgehead atoms. The van der Waals surface area contributed by atoms with Gasteiger partial charge in [-0.2, -0.15) is 0 Å². The van der Waals surface area contributed by atoms with Gasteiger partial charge < -0.3 is 19.4 Å². The molecule has 10 heteroatoms. The fourth-order valence-electron chi connectivity index (χ4n) is 3.63. The molecule has 1 heterocycles. The molecule has 4 aromatic rings. The second-order valence-corrected chi connectivity index (χ2v) is 9.46. The van der Waals surface area contributed by atoms with Crippen LogP contribution in [0.4, 0.5) is 10.1 Å². The standard InChI is InChI=1S/C25H21FN2O6S/c1-33-17-9-12-20(22(13-17)34-2)27-24(29)15-28-14-23(25(30)19-5-3-4-6-21(19)28)35(31,32)18-10-7-16(26)8-11-18/h3-14H,15H2,1-2H3,(H,27,29). The summed E-state index contributed by atoms with van der Waals surface area (Å²) < 4.78 is 51.6. The number of nitrogens with one attached hydrogen (secondary N) is 1. The zero-order valence-electron chi connectivity index (χ0n) is 18.8. The van der Waals surface area contributed by atoms with Gasteiger partial charge in [0.05, 0.1) is 30.3 Å². The Hall–Kier alpha value is -4.18. The summed E-state index contributed by atoms with van der Waals surface area (Å²) in [5.74, 6) is -0.165. The average molecular weight is 497 g/mol. The number of methoxy groups -OCH3 is 2. The van der Waals surface area contributed by atoms with Gasteiger partial charge in [-0.15, -0.1) is 0 Å². The third-order valence-electron chi connectivity index (χ3n) is 5.37. The van der Waals surface area contributed by atoms with Crippen LogP contribution < -0.4 is 20.2 Å². The van der Waals surface area contributed by atoms with E-state index in [0.29, 0.717) is 22.7 Å². The lowest BCUT2D eigenvalue weighted by Crippen LogP contribution is -2.24. The minimum absolute atomic E-state index is 0.130. The third kappa shape index (κ3) is 4.73. The van der Waals surface area contributed by atoms with Gasteiger partial charge >= 0.3 is 0 Å². The summed E-state index contributed by atoms with van der Waals surface area (Å²) in [4.78, 5) is 25.3. The first kappa shape index (κ1) is 24.0. The highest BCUT2D eigenvalue weighted by Gasteiger charge is 2.24. The molecule has 180 valence electrons. The predicted octanol–water partition coefficient (Wildman–Crippen LogP) is 3.63. The SMILES string of the molecule is COc1ccc(NC(=O)Cn2cc(S(=O)(=O)c3ccc(F)cc3)c(=O)c3ccccc32)c(OC)c1. The van der Waals surface area contributed by atoms with E-state index in [4.69, 9.17) is 9.47 Å². The topological polar surface area (TPSA) is 104 Å². The van der Waals surface area contributed by atoms with Crippen molar-refractivity contribution in [2.24, 2.45) is 0 Å². The average Bonchev–Trinajstić information content (AvgIpc) is 2.86. The van der Waals surface area contributed by atoms with Crippen molar-refractivity contribution in [1.29, 1.82) is 0 Å². The molecule has 8 nitrogen and oxygen atoms in total. The van der Waals surface area contributed by atoms with E-state index >= 15 is 0 Å². The summed E-state index contributed by atoms with van der Waals surface area (Å²) in [6.45, 7) is -0.290. The Morgan fingerprint density at radius 3 is 2.40 bits per heavy atom. The number of pyridine rings is 1. The van der Waals surface area contributed by atoms with Gasteiger partial charge in [-0.1, -0.05) is 12.1 Å². The van der Waals surface area contributed by atoms with Gasteiger partial charge in [-0.05, 0) is 48.5 Å². The number of carbonyl (C=O) groups excluding carboxylic acids is 1. The summed E-state index contributed by atoms with van der Waals surface area (Å²) in [7, 11) is -1.32. The molecule has 0 aliphatic rings. The summed E-state index contributed by atoms with van der Waals surface area (Å²) in [5.41, 5.74) is 0.0635. The molecule has 0 spiro atoms. The Kier molecular flexibility index (Phi) is 6.57. The molecule has 4 rings (SSSR count). The van der Waals surface area contributed by atoms with Gasteiger partial charge in [0.15, 0.2) is 0 Å². The lowest BCUT2D eigenvalue weighted by Gasteiger charge is -2.15. The fraction of sp³-hybridized carbons (Fsp3) is 0.120. The molecular weight excluding hydrogens is 475 g/mol. The van der Waals surface area contributed by atoms with Crippen molar-refractivity contribution in [1.82, 2.24) is 4.57 Å². The van der Waals surface area contributed by atoms with E-state index in [1.807, 2.05) is 0 Å². The number of ether oxygens (including phenoxy) is 2. The summed E-state index contributed by atoms with van der Waals surface area (Å²) in [5, 5.41) is 2.86. The zero-order chi connectivity index (χ0) is 25.2. The molecule has 0 atom stereocenters. The summed E-state index contributed by atoms with van der Waals surface area (Å²) in [6.07, 6.45) is 1.13. The number of sulfone groups is 1. The van der Waals surface area contributed by atoms with Crippen LogP contribution in [0, 0.1) is 5.82 Å². The molecular formula is C25H21FN2O6S. The lowest BCUT2D eigenvalue weighted by molar-refractivity contribution is -0.116. The van der Waals surface area contributed by atoms with E-state index in [-0.39, 0.29) is 16.8 Å². The molecule has 0 fully saturated rings. The number of aromatic nitrogens is 1. The van der Waals surface area contributed by atoms with Crippen LogP contribution in [-0.4, -0.2) is 33.1 Å². The summed E-state index contributed by atoms with van der Waals surface area (Å²) in [6, 6.07) is 15.4. The number of para-hydroxylation sites is 1. The maximum atomic E-state index is 13.3.